The van der Waals surface area contributed by atoms with Crippen molar-refractivity contribution in [3.63, 3.8) is 0 Å². The smallest absolute Gasteiger partial charge is 0.330 e. The van der Waals surface area contributed by atoms with Crippen molar-refractivity contribution in [1.82, 2.24) is 9.80 Å². The molecule has 8 nitrogen and oxygen atoms in total. The minimum Gasteiger partial charge on any atom is -0.476 e. The van der Waals surface area contributed by atoms with Gasteiger partial charge in [-0.2, -0.15) is 8.78 Å². The van der Waals surface area contributed by atoms with E-state index in [4.69, 9.17) is 22.1 Å². The van der Waals surface area contributed by atoms with Gasteiger partial charge >= 0.3 is 5.92 Å². The lowest BCUT2D eigenvalue weighted by Gasteiger charge is -2.35. The first-order valence-electron chi connectivity index (χ1n) is 13.3. The summed E-state index contributed by atoms with van der Waals surface area (Å²) in [4.78, 5) is 53.7. The number of hydrogen-bond acceptors (Lipinski definition) is 6. The first-order valence-corrected chi connectivity index (χ1v) is 13.7. The van der Waals surface area contributed by atoms with Gasteiger partial charge in [0.05, 0.1) is 6.04 Å². The summed E-state index contributed by atoms with van der Waals surface area (Å²) in [5, 5.41) is 0.290. The molecule has 0 saturated carbocycles. The number of amides is 3. The zero-order chi connectivity index (χ0) is 30.1. The molecule has 0 radical (unpaired) electrons. The van der Waals surface area contributed by atoms with Crippen molar-refractivity contribution in [3.05, 3.63) is 82.1 Å². The Morgan fingerprint density at radius 2 is 1.85 bits per heavy atom. The fourth-order valence-electron chi connectivity index (χ4n) is 4.90. The van der Waals surface area contributed by atoms with Gasteiger partial charge in [0.25, 0.3) is 11.8 Å². The van der Waals surface area contributed by atoms with Crippen LogP contribution in [0.15, 0.2) is 54.8 Å². The normalized spacial score (nSPS) is 18.1. The lowest BCUT2D eigenvalue weighted by molar-refractivity contribution is -0.157. The lowest BCUT2D eigenvalue weighted by atomic mass is 9.97. The zero-order valence-corrected chi connectivity index (χ0v) is 23.6. The second kappa shape index (κ2) is 12.1. The van der Waals surface area contributed by atoms with E-state index in [0.717, 1.165) is 17.0 Å². The summed E-state index contributed by atoms with van der Waals surface area (Å²) in [6.45, 7) is 7.33. The van der Waals surface area contributed by atoms with Gasteiger partial charge in [-0.3, -0.25) is 19.2 Å². The maximum atomic E-state index is 14.7. The SMILES string of the molecule is C=C(OCN1C(=O)CCC(N2Cc3cc(CCC(=O)C(F)(F)c4ccc(Cl)cc4)ccc3C2=O)C1=O)[C@@H](N)C(C)C. The van der Waals surface area contributed by atoms with Crippen LogP contribution in [0.2, 0.25) is 5.02 Å². The first-order chi connectivity index (χ1) is 19.3. The molecule has 0 bridgehead atoms. The summed E-state index contributed by atoms with van der Waals surface area (Å²) in [6.07, 6.45) is -0.136. The molecular formula is C30H32ClF2N3O5. The molecule has 218 valence electrons. The van der Waals surface area contributed by atoms with E-state index in [9.17, 15) is 28.0 Å². The third-order valence-corrected chi connectivity index (χ3v) is 7.78. The first kappa shape index (κ1) is 30.3. The second-order valence-electron chi connectivity index (χ2n) is 10.7. The molecule has 4 rings (SSSR count). The van der Waals surface area contributed by atoms with Crippen LogP contribution in [0, 0.1) is 5.92 Å². The number of benzene rings is 2. The van der Waals surface area contributed by atoms with Crippen LogP contribution >= 0.6 is 11.6 Å². The van der Waals surface area contributed by atoms with E-state index in [0.29, 0.717) is 21.7 Å². The van der Waals surface area contributed by atoms with Crippen LogP contribution in [0.5, 0.6) is 0 Å². The van der Waals surface area contributed by atoms with Crippen LogP contribution in [0.1, 0.15) is 60.2 Å². The summed E-state index contributed by atoms with van der Waals surface area (Å²) < 4.78 is 34.9. The number of imide groups is 1. The number of ether oxygens (including phenoxy) is 1. The number of rotatable bonds is 11. The number of Topliss-reactive ketones (excluding diaryl/α,β-unsaturated/α-hetero) is 1. The number of piperidine rings is 1. The van der Waals surface area contributed by atoms with Gasteiger partial charge in [-0.05, 0) is 48.1 Å². The molecule has 0 spiro atoms. The fraction of sp³-hybridized carbons (Fsp3) is 0.400. The molecule has 41 heavy (non-hydrogen) atoms. The van der Waals surface area contributed by atoms with Gasteiger partial charge in [-0.1, -0.05) is 56.3 Å². The predicted octanol–water partition coefficient (Wildman–Crippen LogP) is 4.58. The van der Waals surface area contributed by atoms with Crippen molar-refractivity contribution in [2.75, 3.05) is 6.73 Å². The largest absolute Gasteiger partial charge is 0.476 e. The molecule has 2 aliphatic rings. The van der Waals surface area contributed by atoms with Crippen LogP contribution in [-0.4, -0.2) is 52.1 Å². The van der Waals surface area contributed by atoms with Crippen molar-refractivity contribution in [2.24, 2.45) is 11.7 Å². The maximum Gasteiger partial charge on any atom is 0.330 e. The Morgan fingerprint density at radius 1 is 1.17 bits per heavy atom. The van der Waals surface area contributed by atoms with Crippen LogP contribution in [0.4, 0.5) is 8.78 Å². The molecule has 2 heterocycles. The maximum absolute atomic E-state index is 14.7. The molecule has 0 aromatic heterocycles. The zero-order valence-electron chi connectivity index (χ0n) is 22.9. The average Bonchev–Trinajstić information content (AvgIpc) is 3.26. The highest BCUT2D eigenvalue weighted by Crippen LogP contribution is 2.33. The predicted molar refractivity (Wildman–Crippen MR) is 148 cm³/mol. The third kappa shape index (κ3) is 6.33. The summed E-state index contributed by atoms with van der Waals surface area (Å²) in [6, 6.07) is 8.40. The number of fused-ring (bicyclic) bond motifs is 1. The molecule has 2 N–H and O–H groups in total. The standard InChI is InChI=1S/C30H32ClF2N3O5/c1-17(2)27(34)18(3)41-16-36-26(38)13-11-24(29(36)40)35-15-20-14-19(4-10-23(20)28(35)39)5-12-25(37)30(32,33)21-6-8-22(31)9-7-21/h4,6-10,14,17,24,27H,3,5,11-13,15-16,34H2,1-2H3/t24?,27-/m0/s1. The monoisotopic (exact) mass is 587 g/mol. The van der Waals surface area contributed by atoms with E-state index in [2.05, 4.69) is 6.58 Å². The van der Waals surface area contributed by atoms with Crippen LogP contribution in [0.25, 0.3) is 0 Å². The van der Waals surface area contributed by atoms with Gasteiger partial charge < -0.3 is 15.4 Å². The summed E-state index contributed by atoms with van der Waals surface area (Å²) in [5.74, 6) is -5.91. The molecule has 1 fully saturated rings. The van der Waals surface area contributed by atoms with Crippen LogP contribution in [0.3, 0.4) is 0 Å². The summed E-state index contributed by atoms with van der Waals surface area (Å²) in [5.41, 5.74) is 7.20. The minimum absolute atomic E-state index is 0.0479. The minimum atomic E-state index is -3.66. The highest BCUT2D eigenvalue weighted by atomic mass is 35.5. The Kier molecular flexibility index (Phi) is 8.94. The number of halogens is 3. The molecule has 11 heteroatoms. The number of nitrogens with two attached hydrogens (primary N) is 1. The molecule has 3 amide bonds. The number of aryl methyl sites for hydroxylation is 1. The van der Waals surface area contributed by atoms with Crippen molar-refractivity contribution in [3.8, 4) is 0 Å². The molecular weight excluding hydrogens is 556 g/mol. The second-order valence-corrected chi connectivity index (χ2v) is 11.1. The average molecular weight is 588 g/mol. The number of carbonyl (C=O) groups excluding carboxylic acids is 4. The molecule has 0 aliphatic carbocycles. The van der Waals surface area contributed by atoms with Crippen molar-refractivity contribution in [2.45, 2.75) is 64.1 Å². The lowest BCUT2D eigenvalue weighted by Crippen LogP contribution is -2.55. The third-order valence-electron chi connectivity index (χ3n) is 7.53. The number of carbonyl (C=O) groups is 4. The number of likely N-dealkylation sites (tertiary alicyclic amines) is 1. The summed E-state index contributed by atoms with van der Waals surface area (Å²) >= 11 is 5.76. The van der Waals surface area contributed by atoms with Gasteiger partial charge in [0.1, 0.15) is 11.8 Å². The topological polar surface area (TPSA) is 110 Å². The van der Waals surface area contributed by atoms with Crippen LogP contribution in [-0.2, 0) is 38.0 Å². The number of ketones is 1. The highest BCUT2D eigenvalue weighted by molar-refractivity contribution is 6.30. The molecule has 2 atom stereocenters. The molecule has 2 aromatic rings. The highest BCUT2D eigenvalue weighted by Gasteiger charge is 2.43. The fourth-order valence-corrected chi connectivity index (χ4v) is 5.03. The van der Waals surface area contributed by atoms with Crippen molar-refractivity contribution in [1.29, 1.82) is 0 Å². The number of hydrogen-bond donors (Lipinski definition) is 1. The Morgan fingerprint density at radius 3 is 2.51 bits per heavy atom. The van der Waals surface area contributed by atoms with Gasteiger partial charge in [0.2, 0.25) is 11.7 Å². The van der Waals surface area contributed by atoms with Gasteiger partial charge in [0, 0.05) is 35.5 Å². The molecule has 2 aliphatic heterocycles. The summed E-state index contributed by atoms with van der Waals surface area (Å²) in [7, 11) is 0. The molecule has 2 aromatic carbocycles. The van der Waals surface area contributed by atoms with Gasteiger partial charge in [-0.15, -0.1) is 0 Å². The quantitative estimate of drug-likeness (QED) is 0.304. The van der Waals surface area contributed by atoms with E-state index in [1.807, 2.05) is 13.8 Å². The number of nitrogens with zero attached hydrogens (tertiary/aromatic N) is 2. The number of alkyl halides is 2. The Labute approximate surface area is 242 Å². The van der Waals surface area contributed by atoms with Crippen LogP contribution < -0.4 is 5.73 Å². The van der Waals surface area contributed by atoms with E-state index in [1.165, 1.54) is 17.0 Å². The van der Waals surface area contributed by atoms with E-state index >= 15 is 0 Å². The van der Waals surface area contributed by atoms with Crippen molar-refractivity contribution < 1.29 is 32.7 Å². The molecule has 1 saturated heterocycles. The van der Waals surface area contributed by atoms with Gasteiger partial charge in [-0.25, -0.2) is 4.90 Å². The van der Waals surface area contributed by atoms with E-state index in [1.54, 1.807) is 18.2 Å². The Balaban J connectivity index is 1.40. The molecule has 1 unspecified atom stereocenters. The Hall–Kier alpha value is -3.63. The van der Waals surface area contributed by atoms with E-state index < -0.39 is 47.6 Å². The van der Waals surface area contributed by atoms with Gasteiger partial charge in [0.15, 0.2) is 6.73 Å². The van der Waals surface area contributed by atoms with Crippen molar-refractivity contribution >= 4 is 35.1 Å². The van der Waals surface area contributed by atoms with E-state index in [-0.39, 0.29) is 50.1 Å². The Bertz CT molecular complexity index is 1380.